The van der Waals surface area contributed by atoms with Crippen LogP contribution < -0.4 is 5.32 Å². The predicted molar refractivity (Wildman–Crippen MR) is 139 cm³/mol. The minimum atomic E-state index is -1.61. The Kier molecular flexibility index (Phi) is 8.32. The molecule has 39 heavy (non-hydrogen) atoms. The van der Waals surface area contributed by atoms with Crippen LogP contribution in [-0.4, -0.2) is 88.6 Å². The summed E-state index contributed by atoms with van der Waals surface area (Å²) in [6.07, 6.45) is -4.25. The Morgan fingerprint density at radius 1 is 1.23 bits per heavy atom. The number of aromatic nitrogens is 1. The van der Waals surface area contributed by atoms with E-state index in [-0.39, 0.29) is 6.04 Å². The number of carbonyl (C=O) groups excluding carboxylic acids is 1. The van der Waals surface area contributed by atoms with E-state index in [1.807, 2.05) is 18.2 Å². The van der Waals surface area contributed by atoms with E-state index in [9.17, 15) is 25.2 Å². The number of nitrogens with one attached hydrogen (secondary N) is 2. The van der Waals surface area contributed by atoms with Gasteiger partial charge in [0.05, 0.1) is 36.1 Å². The molecule has 11 nitrogen and oxygen atoms in total. The SMILES string of the molecule is C=C[C@H]1[C@H](O[C@@H]2O[C@H](CO)[C@@H](O)[C@H](O)[C@H]2O)OC=C(C(=O)OC)[C@H]1C[C@@H]1NCCc2c1[nH]c1c(Cl)cccc21. The number of rotatable bonds is 7. The van der Waals surface area contributed by atoms with Crippen molar-refractivity contribution in [2.45, 2.75) is 55.9 Å². The number of carbonyl (C=O) groups is 1. The van der Waals surface area contributed by atoms with Crippen LogP contribution in [0.4, 0.5) is 0 Å². The number of aliphatic hydroxyl groups excluding tert-OH is 4. The molecule has 2 aromatic rings. The van der Waals surface area contributed by atoms with Crippen LogP contribution in [0.2, 0.25) is 5.02 Å². The Bertz CT molecular complexity index is 1250. The molecule has 3 aliphatic rings. The summed E-state index contributed by atoms with van der Waals surface area (Å²) in [7, 11) is 1.29. The zero-order valence-corrected chi connectivity index (χ0v) is 22.1. The molecule has 12 heteroatoms. The van der Waals surface area contributed by atoms with Gasteiger partial charge < -0.3 is 49.7 Å². The summed E-state index contributed by atoms with van der Waals surface area (Å²) in [6, 6.07) is 5.61. The maximum atomic E-state index is 12.8. The monoisotopic (exact) mass is 564 g/mol. The fourth-order valence-corrected chi connectivity index (χ4v) is 6.00. The summed E-state index contributed by atoms with van der Waals surface area (Å²) >= 11 is 6.46. The Hall–Kier alpha value is -2.48. The first kappa shape index (κ1) is 28.1. The highest BCUT2D eigenvalue weighted by atomic mass is 35.5. The highest BCUT2D eigenvalue weighted by molar-refractivity contribution is 6.35. The number of hydrogen-bond acceptors (Lipinski definition) is 10. The lowest BCUT2D eigenvalue weighted by Crippen LogP contribution is -2.60. The van der Waals surface area contributed by atoms with Crippen LogP contribution >= 0.6 is 11.6 Å². The van der Waals surface area contributed by atoms with Crippen LogP contribution in [0.15, 0.2) is 42.7 Å². The number of aliphatic hydroxyl groups is 4. The number of aromatic amines is 1. The van der Waals surface area contributed by atoms with Crippen molar-refractivity contribution in [1.29, 1.82) is 0 Å². The fraction of sp³-hybridized carbons (Fsp3) is 0.519. The average Bonchev–Trinajstić information content (AvgIpc) is 3.34. The molecule has 1 aromatic carbocycles. The second kappa shape index (κ2) is 11.6. The molecule has 6 N–H and O–H groups in total. The van der Waals surface area contributed by atoms with Crippen LogP contribution in [0.1, 0.15) is 23.7 Å². The molecule has 0 aliphatic carbocycles. The zero-order valence-electron chi connectivity index (χ0n) is 21.3. The number of esters is 1. The molecule has 5 rings (SSSR count). The van der Waals surface area contributed by atoms with E-state index >= 15 is 0 Å². The van der Waals surface area contributed by atoms with Gasteiger partial charge in [0.2, 0.25) is 6.29 Å². The fourth-order valence-electron chi connectivity index (χ4n) is 5.78. The molecular weight excluding hydrogens is 532 g/mol. The molecule has 9 atom stereocenters. The number of methoxy groups -OCH3 is 1. The normalized spacial score (nSPS) is 34.6. The van der Waals surface area contributed by atoms with Crippen molar-refractivity contribution in [1.82, 2.24) is 10.3 Å². The number of para-hydroxylation sites is 1. The minimum Gasteiger partial charge on any atom is -0.471 e. The van der Waals surface area contributed by atoms with Crippen LogP contribution in [0, 0.1) is 11.8 Å². The van der Waals surface area contributed by atoms with Gasteiger partial charge in [-0.2, -0.15) is 0 Å². The van der Waals surface area contributed by atoms with Gasteiger partial charge in [-0.3, -0.25) is 0 Å². The van der Waals surface area contributed by atoms with Crippen LogP contribution in [0.5, 0.6) is 0 Å². The third kappa shape index (κ3) is 5.09. The molecule has 3 aliphatic heterocycles. The average molecular weight is 565 g/mol. The summed E-state index contributed by atoms with van der Waals surface area (Å²) in [5, 5.41) is 45.5. The van der Waals surface area contributed by atoms with Gasteiger partial charge in [0.1, 0.15) is 24.4 Å². The Morgan fingerprint density at radius 2 is 2.03 bits per heavy atom. The molecule has 0 unspecified atom stereocenters. The standard InChI is InChI=1S/C27H33ClN2O9/c1-3-12-15(9-18-21-14(7-8-29-18)13-5-4-6-17(28)20(13)30-21)16(25(35)36-2)11-37-26(12)39-27-24(34)23(33)22(32)19(10-31)38-27/h3-6,11-12,15,18-19,22-24,26-27,29-34H,1,7-10H2,2H3/t12-,15+,18+,19-,22-,23+,24-,26+,27+/m1/s1. The van der Waals surface area contributed by atoms with Gasteiger partial charge in [-0.1, -0.05) is 29.8 Å². The van der Waals surface area contributed by atoms with Gasteiger partial charge in [0.25, 0.3) is 0 Å². The molecule has 0 amide bonds. The number of benzene rings is 1. The number of ether oxygens (including phenoxy) is 4. The molecular formula is C27H33ClN2O9. The number of fused-ring (bicyclic) bond motifs is 3. The van der Waals surface area contributed by atoms with Crippen molar-refractivity contribution >= 4 is 28.5 Å². The topological polar surface area (TPSA) is 163 Å². The first-order valence-corrected chi connectivity index (χ1v) is 13.2. The Balaban J connectivity index is 1.44. The summed E-state index contributed by atoms with van der Waals surface area (Å²) in [6.45, 7) is 4.07. The van der Waals surface area contributed by atoms with Gasteiger partial charge in [0, 0.05) is 29.0 Å². The number of H-pyrrole nitrogens is 1. The van der Waals surface area contributed by atoms with Gasteiger partial charge in [-0.25, -0.2) is 4.79 Å². The lowest BCUT2D eigenvalue weighted by Gasteiger charge is -2.43. The first-order chi connectivity index (χ1) is 18.8. The van der Waals surface area contributed by atoms with Crippen molar-refractivity contribution in [3.05, 3.63) is 59.0 Å². The lowest BCUT2D eigenvalue weighted by atomic mass is 9.78. The molecule has 212 valence electrons. The minimum absolute atomic E-state index is 0.177. The second-order valence-electron chi connectivity index (χ2n) is 9.99. The van der Waals surface area contributed by atoms with E-state index in [4.69, 9.17) is 30.5 Å². The van der Waals surface area contributed by atoms with E-state index < -0.39 is 61.4 Å². The van der Waals surface area contributed by atoms with Crippen molar-refractivity contribution in [3.63, 3.8) is 0 Å². The zero-order chi connectivity index (χ0) is 27.8. The van der Waals surface area contributed by atoms with E-state index in [1.165, 1.54) is 13.4 Å². The summed E-state index contributed by atoms with van der Waals surface area (Å²) in [4.78, 5) is 16.2. The van der Waals surface area contributed by atoms with Crippen LogP contribution in [0.3, 0.4) is 0 Å². The summed E-state index contributed by atoms with van der Waals surface area (Å²) in [5.74, 6) is -1.64. The lowest BCUT2D eigenvalue weighted by molar-refractivity contribution is -0.339. The van der Waals surface area contributed by atoms with Gasteiger partial charge in [-0.05, 0) is 31.0 Å². The molecule has 0 radical (unpaired) electrons. The number of hydrogen-bond donors (Lipinski definition) is 6. The molecule has 1 fully saturated rings. The third-order valence-electron chi connectivity index (χ3n) is 7.84. The number of halogens is 1. The first-order valence-electron chi connectivity index (χ1n) is 12.8. The van der Waals surface area contributed by atoms with E-state index in [0.717, 1.165) is 35.1 Å². The van der Waals surface area contributed by atoms with Crippen molar-refractivity contribution < 1.29 is 44.2 Å². The van der Waals surface area contributed by atoms with Crippen molar-refractivity contribution in [3.8, 4) is 0 Å². The largest absolute Gasteiger partial charge is 0.471 e. The predicted octanol–water partition coefficient (Wildman–Crippen LogP) is 1.05. The van der Waals surface area contributed by atoms with Gasteiger partial charge >= 0.3 is 5.97 Å². The molecule has 1 aromatic heterocycles. The highest BCUT2D eigenvalue weighted by Gasteiger charge is 2.48. The van der Waals surface area contributed by atoms with Crippen molar-refractivity contribution in [2.24, 2.45) is 11.8 Å². The van der Waals surface area contributed by atoms with E-state index in [1.54, 1.807) is 6.08 Å². The second-order valence-corrected chi connectivity index (χ2v) is 10.4. The Labute approximate surface area is 230 Å². The molecule has 0 saturated carbocycles. The smallest absolute Gasteiger partial charge is 0.337 e. The van der Waals surface area contributed by atoms with E-state index in [0.29, 0.717) is 17.0 Å². The Morgan fingerprint density at radius 3 is 2.74 bits per heavy atom. The highest BCUT2D eigenvalue weighted by Crippen LogP contribution is 2.42. The quantitative estimate of drug-likeness (QED) is 0.212. The van der Waals surface area contributed by atoms with E-state index in [2.05, 4.69) is 16.9 Å². The maximum absolute atomic E-state index is 12.8. The summed E-state index contributed by atoms with van der Waals surface area (Å²) in [5.41, 5.74) is 3.29. The molecule has 0 bridgehead atoms. The van der Waals surface area contributed by atoms with Gasteiger partial charge in [-0.15, -0.1) is 6.58 Å². The third-order valence-corrected chi connectivity index (χ3v) is 8.16. The molecule has 4 heterocycles. The van der Waals surface area contributed by atoms with Crippen molar-refractivity contribution in [2.75, 3.05) is 20.3 Å². The molecule has 0 spiro atoms. The summed E-state index contributed by atoms with van der Waals surface area (Å²) < 4.78 is 22.2. The van der Waals surface area contributed by atoms with Crippen LogP contribution in [0.25, 0.3) is 10.9 Å². The van der Waals surface area contributed by atoms with Crippen LogP contribution in [-0.2, 0) is 30.2 Å². The molecule has 1 saturated heterocycles. The maximum Gasteiger partial charge on any atom is 0.337 e. The van der Waals surface area contributed by atoms with Gasteiger partial charge in [0.15, 0.2) is 6.29 Å².